The van der Waals surface area contributed by atoms with Crippen LogP contribution in [0.4, 0.5) is 10.2 Å². The number of carbonyl (C=O) groups excluding carboxylic acids is 1. The van der Waals surface area contributed by atoms with Crippen LogP contribution in [0.5, 0.6) is 11.5 Å². The Bertz CT molecular complexity index is 1670. The first-order valence-electron chi connectivity index (χ1n) is 13.1. The fourth-order valence-electron chi connectivity index (χ4n) is 5.09. The summed E-state index contributed by atoms with van der Waals surface area (Å²) >= 11 is 0. The van der Waals surface area contributed by atoms with Crippen molar-refractivity contribution in [3.05, 3.63) is 72.3 Å². The Morgan fingerprint density at radius 3 is 2.73 bits per heavy atom. The highest BCUT2D eigenvalue weighted by Gasteiger charge is 2.39. The van der Waals surface area contributed by atoms with E-state index in [1.807, 2.05) is 24.3 Å². The van der Waals surface area contributed by atoms with Crippen molar-refractivity contribution < 1.29 is 13.9 Å². The minimum Gasteiger partial charge on any atom is -0.457 e. The van der Waals surface area contributed by atoms with E-state index in [0.29, 0.717) is 41.3 Å². The summed E-state index contributed by atoms with van der Waals surface area (Å²) in [5.74, 6) is 0.216. The Morgan fingerprint density at radius 1 is 1.20 bits per heavy atom. The molecular weight excluding hydrogens is 511 g/mol. The third-order valence-electron chi connectivity index (χ3n) is 7.36. The van der Waals surface area contributed by atoms with Crippen LogP contribution in [0.3, 0.4) is 0 Å². The van der Waals surface area contributed by atoms with Gasteiger partial charge in [-0.25, -0.2) is 19.0 Å². The summed E-state index contributed by atoms with van der Waals surface area (Å²) in [4.78, 5) is 23.5. The Labute approximate surface area is 229 Å². The van der Waals surface area contributed by atoms with E-state index in [4.69, 9.17) is 21.3 Å². The van der Waals surface area contributed by atoms with Crippen LogP contribution in [-0.2, 0) is 11.3 Å². The predicted octanol–water partition coefficient (Wildman–Crippen LogP) is 3.94. The van der Waals surface area contributed by atoms with E-state index in [1.165, 1.54) is 12.4 Å². The van der Waals surface area contributed by atoms with Gasteiger partial charge in [-0.1, -0.05) is 18.2 Å². The van der Waals surface area contributed by atoms with Gasteiger partial charge in [-0.05, 0) is 56.0 Å². The summed E-state index contributed by atoms with van der Waals surface area (Å²) < 4.78 is 22.8. The molecule has 0 radical (unpaired) electrons. The maximum absolute atomic E-state index is 15.4. The number of aromatic nitrogens is 4. The van der Waals surface area contributed by atoms with Crippen molar-refractivity contribution in [1.29, 1.82) is 5.26 Å². The van der Waals surface area contributed by atoms with E-state index < -0.39 is 11.4 Å². The lowest BCUT2D eigenvalue weighted by Gasteiger charge is -2.24. The van der Waals surface area contributed by atoms with E-state index >= 15 is 4.39 Å². The van der Waals surface area contributed by atoms with Gasteiger partial charge in [0.1, 0.15) is 46.8 Å². The fraction of sp³-hybridized carbons (Fsp3) is 0.276. The van der Waals surface area contributed by atoms with Crippen LogP contribution in [0.15, 0.2) is 66.5 Å². The van der Waals surface area contributed by atoms with E-state index in [2.05, 4.69) is 9.97 Å². The molecule has 1 aliphatic carbocycles. The summed E-state index contributed by atoms with van der Waals surface area (Å²) in [6.07, 6.45) is 5.94. The standard InChI is InChI=1S/C29H27FN8O2/c30-23-13-21(40-20-6-2-1-3-7-20)8-9-22(23)25-24-26(32)34-17-35-27(24)38(36-25)16-19-5-4-12-37(19)28(39)18(15-31)14-29(33)10-11-29/h1-3,6-9,13-14,17,19H,4-5,10-12,16,33H2,(H2,32,34,35)/b18-14-/t19-/m1/s1. The molecule has 40 heavy (non-hydrogen) atoms. The molecule has 2 aliphatic rings. The first-order chi connectivity index (χ1) is 19.3. The molecule has 2 fully saturated rings. The molecule has 2 aromatic carbocycles. The summed E-state index contributed by atoms with van der Waals surface area (Å²) in [6.45, 7) is 0.808. The molecule has 11 heteroatoms. The van der Waals surface area contributed by atoms with Crippen LogP contribution in [0.25, 0.3) is 22.3 Å². The summed E-state index contributed by atoms with van der Waals surface area (Å²) in [7, 11) is 0. The molecule has 3 heterocycles. The Morgan fingerprint density at radius 2 is 2.00 bits per heavy atom. The van der Waals surface area contributed by atoms with Crippen molar-refractivity contribution in [3.63, 3.8) is 0 Å². The molecule has 202 valence electrons. The van der Waals surface area contributed by atoms with Gasteiger partial charge in [0, 0.05) is 23.7 Å². The van der Waals surface area contributed by atoms with Crippen LogP contribution >= 0.6 is 0 Å². The van der Waals surface area contributed by atoms with Crippen LogP contribution in [0, 0.1) is 17.1 Å². The molecule has 1 saturated heterocycles. The van der Waals surface area contributed by atoms with Gasteiger partial charge in [-0.3, -0.25) is 4.79 Å². The normalized spacial score (nSPS) is 18.1. The highest BCUT2D eigenvalue weighted by Crippen LogP contribution is 2.36. The average Bonchev–Trinajstić information content (AvgIpc) is 3.32. The van der Waals surface area contributed by atoms with Gasteiger partial charge >= 0.3 is 0 Å². The second-order valence-electron chi connectivity index (χ2n) is 10.2. The number of carbonyl (C=O) groups is 1. The number of rotatable bonds is 7. The minimum atomic E-state index is -0.566. The maximum atomic E-state index is 15.4. The number of nitrogens with zero attached hydrogens (tertiary/aromatic N) is 6. The minimum absolute atomic E-state index is 0.0596. The van der Waals surface area contributed by atoms with E-state index in [1.54, 1.807) is 39.9 Å². The lowest BCUT2D eigenvalue weighted by molar-refractivity contribution is -0.127. The number of nitriles is 1. The molecule has 4 N–H and O–H groups in total. The first kappa shape index (κ1) is 25.5. The molecule has 0 spiro atoms. The van der Waals surface area contributed by atoms with Crippen LogP contribution < -0.4 is 16.2 Å². The molecule has 4 aromatic rings. The summed E-state index contributed by atoms with van der Waals surface area (Å²) in [6, 6.07) is 15.4. The lowest BCUT2D eigenvalue weighted by Crippen LogP contribution is -2.39. The highest BCUT2D eigenvalue weighted by molar-refractivity contribution is 5.99. The van der Waals surface area contributed by atoms with Crippen molar-refractivity contribution in [2.45, 2.75) is 43.8 Å². The average molecular weight is 539 g/mol. The van der Waals surface area contributed by atoms with Crippen molar-refractivity contribution in [2.75, 3.05) is 12.3 Å². The molecular formula is C29H27FN8O2. The van der Waals surface area contributed by atoms with Gasteiger partial charge < -0.3 is 21.1 Å². The van der Waals surface area contributed by atoms with Gasteiger partial charge in [0.15, 0.2) is 5.65 Å². The maximum Gasteiger partial charge on any atom is 0.264 e. The van der Waals surface area contributed by atoms with Gasteiger partial charge in [-0.2, -0.15) is 10.4 Å². The lowest BCUT2D eigenvalue weighted by atomic mass is 10.1. The van der Waals surface area contributed by atoms with Gasteiger partial charge in [-0.15, -0.1) is 0 Å². The molecule has 0 unspecified atom stereocenters. The fourth-order valence-corrected chi connectivity index (χ4v) is 5.09. The number of amides is 1. The molecule has 1 aliphatic heterocycles. The molecule has 1 saturated carbocycles. The largest absolute Gasteiger partial charge is 0.457 e. The number of anilines is 1. The zero-order chi connectivity index (χ0) is 27.9. The summed E-state index contributed by atoms with van der Waals surface area (Å²) in [5, 5.41) is 14.8. The third-order valence-corrected chi connectivity index (χ3v) is 7.36. The van der Waals surface area contributed by atoms with Crippen LogP contribution in [0.2, 0.25) is 0 Å². The number of nitrogen functional groups attached to an aromatic ring is 1. The number of para-hydroxylation sites is 1. The molecule has 1 amide bonds. The quantitative estimate of drug-likeness (QED) is 0.265. The number of halogens is 1. The van der Waals surface area contributed by atoms with Crippen molar-refractivity contribution in [3.8, 4) is 28.8 Å². The molecule has 2 aromatic heterocycles. The van der Waals surface area contributed by atoms with Gasteiger partial charge in [0.2, 0.25) is 0 Å². The molecule has 1 atom stereocenters. The monoisotopic (exact) mass is 538 g/mol. The zero-order valence-electron chi connectivity index (χ0n) is 21.6. The van der Waals surface area contributed by atoms with Crippen LogP contribution in [-0.4, -0.2) is 48.7 Å². The number of hydrogen-bond acceptors (Lipinski definition) is 8. The van der Waals surface area contributed by atoms with Gasteiger partial charge in [0.05, 0.1) is 18.0 Å². The van der Waals surface area contributed by atoms with Crippen molar-refractivity contribution >= 4 is 22.8 Å². The Kier molecular flexibility index (Phi) is 6.40. The smallest absolute Gasteiger partial charge is 0.264 e. The third kappa shape index (κ3) is 4.85. The predicted molar refractivity (Wildman–Crippen MR) is 146 cm³/mol. The topological polar surface area (TPSA) is 149 Å². The first-order valence-corrected chi connectivity index (χ1v) is 13.1. The Balaban J connectivity index is 1.31. The number of hydrogen-bond donors (Lipinski definition) is 2. The van der Waals surface area contributed by atoms with Crippen LogP contribution in [0.1, 0.15) is 25.7 Å². The number of benzene rings is 2. The molecule has 10 nitrogen and oxygen atoms in total. The highest BCUT2D eigenvalue weighted by atomic mass is 19.1. The van der Waals surface area contributed by atoms with E-state index in [9.17, 15) is 10.1 Å². The SMILES string of the molecule is N#C/C(=C/C1(N)CC1)C(=O)N1CCC[C@@H]1Cn1nc(-c2ccc(Oc3ccccc3)cc2F)c2c(N)ncnc21. The summed E-state index contributed by atoms with van der Waals surface area (Å²) in [5.41, 5.74) is 12.8. The molecule has 6 rings (SSSR count). The number of likely N-dealkylation sites (tertiary alicyclic amines) is 1. The number of ether oxygens (including phenoxy) is 1. The van der Waals surface area contributed by atoms with E-state index in [0.717, 1.165) is 25.7 Å². The Hall–Kier alpha value is -4.82. The second-order valence-corrected chi connectivity index (χ2v) is 10.2. The van der Waals surface area contributed by atoms with Crippen molar-refractivity contribution in [2.24, 2.45) is 5.73 Å². The zero-order valence-corrected chi connectivity index (χ0v) is 21.6. The number of nitrogens with two attached hydrogens (primary N) is 2. The van der Waals surface area contributed by atoms with Crippen molar-refractivity contribution in [1.82, 2.24) is 24.6 Å². The second kappa shape index (κ2) is 10.1. The van der Waals surface area contributed by atoms with E-state index in [-0.39, 0.29) is 28.9 Å². The number of fused-ring (bicyclic) bond motifs is 1. The molecule has 0 bridgehead atoms. The van der Waals surface area contributed by atoms with Gasteiger partial charge in [0.25, 0.3) is 5.91 Å².